The number of benzene rings is 2. The molecule has 2 aliphatic rings. The molecule has 2 aliphatic carbocycles. The van der Waals surface area contributed by atoms with Crippen molar-refractivity contribution in [2.75, 3.05) is 0 Å². The van der Waals surface area contributed by atoms with E-state index in [0.717, 1.165) is 41.6 Å². The molecule has 2 N–H and O–H groups in total. The van der Waals surface area contributed by atoms with Crippen molar-refractivity contribution < 1.29 is 19.1 Å². The molecule has 8 heteroatoms. The lowest BCUT2D eigenvalue weighted by Gasteiger charge is -2.34. The van der Waals surface area contributed by atoms with Crippen LogP contribution in [0.2, 0.25) is 0 Å². The van der Waals surface area contributed by atoms with E-state index >= 15 is 0 Å². The van der Waals surface area contributed by atoms with Gasteiger partial charge in [0.1, 0.15) is 5.60 Å². The number of primary amides is 1. The van der Waals surface area contributed by atoms with Crippen LogP contribution >= 0.6 is 0 Å². The summed E-state index contributed by atoms with van der Waals surface area (Å²) in [6, 6.07) is 15.0. The van der Waals surface area contributed by atoms with Crippen molar-refractivity contribution in [1.29, 1.82) is 0 Å². The number of rotatable bonds is 5. The van der Waals surface area contributed by atoms with Gasteiger partial charge in [-0.3, -0.25) is 9.59 Å². The molecule has 1 unspecified atom stereocenters. The lowest BCUT2D eigenvalue weighted by Crippen LogP contribution is -2.44. The first-order valence-corrected chi connectivity index (χ1v) is 12.7. The van der Waals surface area contributed by atoms with Gasteiger partial charge in [-0.15, -0.1) is 0 Å². The summed E-state index contributed by atoms with van der Waals surface area (Å²) in [5, 5.41) is 4.46. The third-order valence-electron chi connectivity index (χ3n) is 6.83. The van der Waals surface area contributed by atoms with Gasteiger partial charge >= 0.3 is 6.09 Å². The van der Waals surface area contributed by atoms with Crippen molar-refractivity contribution in [3.05, 3.63) is 77.1 Å². The molecule has 1 aromatic heterocycles. The second-order valence-electron chi connectivity index (χ2n) is 10.9. The molecule has 1 saturated carbocycles. The van der Waals surface area contributed by atoms with Crippen LogP contribution in [-0.4, -0.2) is 50.3 Å². The summed E-state index contributed by atoms with van der Waals surface area (Å²) in [5.74, 6) is -0.425. The summed E-state index contributed by atoms with van der Waals surface area (Å²) >= 11 is 0. The lowest BCUT2D eigenvalue weighted by molar-refractivity contribution is 0.0513. The molecular formula is C29H32N4O4. The van der Waals surface area contributed by atoms with Gasteiger partial charge in [0.2, 0.25) is 5.91 Å². The summed E-state index contributed by atoms with van der Waals surface area (Å²) in [4.78, 5) is 39.5. The Hall–Kier alpha value is -3.94. The average molecular weight is 501 g/mol. The molecule has 1 fully saturated rings. The highest BCUT2D eigenvalue weighted by Gasteiger charge is 2.39. The van der Waals surface area contributed by atoms with E-state index in [1.165, 1.54) is 4.68 Å². The molecule has 0 radical (unpaired) electrons. The number of nitrogens with two attached hydrogens (primary N) is 1. The van der Waals surface area contributed by atoms with Gasteiger partial charge in [-0.05, 0) is 93.8 Å². The van der Waals surface area contributed by atoms with Crippen LogP contribution in [0.1, 0.15) is 72.0 Å². The number of carbonyl (C=O) groups excluding carboxylic acids is 3. The minimum absolute atomic E-state index is 0.0334. The molecule has 2 amide bonds. The average Bonchev–Trinajstić information content (AvgIpc) is 3.60. The molecule has 0 spiro atoms. The number of ether oxygens (including phenoxy) is 1. The topological polar surface area (TPSA) is 108 Å². The van der Waals surface area contributed by atoms with Crippen LogP contribution in [0.3, 0.4) is 0 Å². The Kier molecular flexibility index (Phi) is 6.35. The maximum absolute atomic E-state index is 13.7. The fourth-order valence-electron chi connectivity index (χ4n) is 4.89. The second kappa shape index (κ2) is 9.50. The molecule has 0 saturated heterocycles. The smallest absolute Gasteiger partial charge is 0.435 e. The number of aryl methyl sites for hydroxylation is 1. The summed E-state index contributed by atoms with van der Waals surface area (Å²) < 4.78 is 6.74. The van der Waals surface area contributed by atoms with E-state index in [1.54, 1.807) is 18.3 Å². The highest BCUT2D eigenvalue weighted by molar-refractivity contribution is 5.96. The van der Waals surface area contributed by atoms with E-state index in [1.807, 2.05) is 62.1 Å². The third-order valence-corrected chi connectivity index (χ3v) is 6.83. The largest absolute Gasteiger partial charge is 0.442 e. The van der Waals surface area contributed by atoms with Crippen molar-refractivity contribution in [2.24, 2.45) is 5.73 Å². The van der Waals surface area contributed by atoms with E-state index < -0.39 is 17.6 Å². The molecule has 192 valence electrons. The van der Waals surface area contributed by atoms with Gasteiger partial charge in [0.25, 0.3) is 5.91 Å². The van der Waals surface area contributed by atoms with E-state index in [0.29, 0.717) is 24.0 Å². The lowest BCUT2D eigenvalue weighted by atomic mass is 9.91. The predicted octanol–water partition coefficient (Wildman–Crippen LogP) is 4.59. The van der Waals surface area contributed by atoms with Gasteiger partial charge in [-0.1, -0.05) is 24.3 Å². The molecule has 37 heavy (non-hydrogen) atoms. The Bertz CT molecular complexity index is 1330. The highest BCUT2D eigenvalue weighted by Crippen LogP contribution is 2.35. The van der Waals surface area contributed by atoms with Gasteiger partial charge < -0.3 is 15.4 Å². The van der Waals surface area contributed by atoms with Crippen LogP contribution in [0.15, 0.2) is 54.7 Å². The van der Waals surface area contributed by atoms with Crippen LogP contribution in [0, 0.1) is 0 Å². The Morgan fingerprint density at radius 3 is 2.05 bits per heavy atom. The highest BCUT2D eigenvalue weighted by atomic mass is 16.6. The molecular weight excluding hydrogens is 468 g/mol. The van der Waals surface area contributed by atoms with Crippen molar-refractivity contribution in [3.63, 3.8) is 0 Å². The number of carbonyl (C=O) groups is 3. The molecule has 5 rings (SSSR count). The number of hydrogen-bond acceptors (Lipinski definition) is 5. The van der Waals surface area contributed by atoms with Gasteiger partial charge in [-0.2, -0.15) is 9.78 Å². The minimum Gasteiger partial charge on any atom is -0.442 e. The first-order valence-electron chi connectivity index (χ1n) is 12.7. The number of hydrogen-bond donors (Lipinski definition) is 1. The molecule has 1 atom stereocenters. The Morgan fingerprint density at radius 2 is 1.51 bits per heavy atom. The summed E-state index contributed by atoms with van der Waals surface area (Å²) in [6.07, 6.45) is 5.48. The maximum atomic E-state index is 13.7. The Morgan fingerprint density at radius 1 is 0.919 bits per heavy atom. The maximum Gasteiger partial charge on any atom is 0.435 e. The molecule has 8 nitrogen and oxygen atoms in total. The first kappa shape index (κ1) is 24.7. The SMILES string of the molecule is CC(C)(C)OC(=O)n1cc2c(n1)CCC(N(C(=O)c1ccc(-c3ccc(C(N)=O)cc3)cc1)C1CC1)C2. The first-order chi connectivity index (χ1) is 17.6. The van der Waals surface area contributed by atoms with Crippen LogP contribution in [0.4, 0.5) is 4.79 Å². The van der Waals surface area contributed by atoms with Crippen molar-refractivity contribution in [3.8, 4) is 11.1 Å². The van der Waals surface area contributed by atoms with Crippen LogP contribution in [0.5, 0.6) is 0 Å². The molecule has 0 aliphatic heterocycles. The summed E-state index contributed by atoms with van der Waals surface area (Å²) in [5.41, 5.74) is 9.66. The van der Waals surface area contributed by atoms with E-state index in [2.05, 4.69) is 5.10 Å². The van der Waals surface area contributed by atoms with Gasteiger partial charge in [0, 0.05) is 29.4 Å². The minimum atomic E-state index is -0.593. The summed E-state index contributed by atoms with van der Waals surface area (Å²) in [7, 11) is 0. The van der Waals surface area contributed by atoms with Gasteiger partial charge in [0.15, 0.2) is 0 Å². The van der Waals surface area contributed by atoms with Gasteiger partial charge in [0.05, 0.1) is 5.69 Å². The number of fused-ring (bicyclic) bond motifs is 1. The number of aromatic nitrogens is 2. The summed E-state index contributed by atoms with van der Waals surface area (Å²) in [6.45, 7) is 5.49. The van der Waals surface area contributed by atoms with Crippen LogP contribution in [-0.2, 0) is 17.6 Å². The third kappa shape index (κ3) is 5.43. The van der Waals surface area contributed by atoms with E-state index in [4.69, 9.17) is 10.5 Å². The molecule has 2 aromatic carbocycles. The normalized spacial score (nSPS) is 17.1. The van der Waals surface area contributed by atoms with E-state index in [9.17, 15) is 14.4 Å². The quantitative estimate of drug-likeness (QED) is 0.551. The Labute approximate surface area is 216 Å². The van der Waals surface area contributed by atoms with Crippen LogP contribution in [0.25, 0.3) is 11.1 Å². The second-order valence-corrected chi connectivity index (χ2v) is 10.9. The number of nitrogens with zero attached hydrogens (tertiary/aromatic N) is 3. The molecule has 3 aromatic rings. The van der Waals surface area contributed by atoms with Crippen molar-refractivity contribution >= 4 is 17.9 Å². The molecule has 0 bridgehead atoms. The van der Waals surface area contributed by atoms with Crippen molar-refractivity contribution in [1.82, 2.24) is 14.7 Å². The Balaban J connectivity index is 1.31. The zero-order chi connectivity index (χ0) is 26.3. The predicted molar refractivity (Wildman–Crippen MR) is 139 cm³/mol. The molecule has 1 heterocycles. The number of amides is 2. The van der Waals surface area contributed by atoms with Gasteiger partial charge in [-0.25, -0.2) is 4.79 Å². The van der Waals surface area contributed by atoms with Crippen molar-refractivity contribution in [2.45, 2.75) is 70.6 Å². The zero-order valence-electron chi connectivity index (χ0n) is 21.4. The van der Waals surface area contributed by atoms with E-state index in [-0.39, 0.29) is 18.0 Å². The fraction of sp³-hybridized carbons (Fsp3) is 0.379. The monoisotopic (exact) mass is 500 g/mol. The fourth-order valence-corrected chi connectivity index (χ4v) is 4.89. The van der Waals surface area contributed by atoms with Crippen LogP contribution < -0.4 is 5.73 Å². The zero-order valence-corrected chi connectivity index (χ0v) is 21.4. The standard InChI is InChI=1S/C29H32N4O4/c1-29(2,3)37-28(36)32-17-22-16-24(14-15-25(22)31-32)33(23-12-13-23)27(35)21-10-6-19(7-11-21)18-4-8-20(9-5-18)26(30)34/h4-11,17,23-24H,12-16H2,1-3H3,(H2,30,34).